The number of aliphatic hydroxyl groups is 1. The van der Waals surface area contributed by atoms with Crippen molar-refractivity contribution in [2.75, 3.05) is 45.9 Å². The van der Waals surface area contributed by atoms with Crippen LogP contribution in [-0.2, 0) is 27.0 Å². The van der Waals surface area contributed by atoms with Crippen LogP contribution in [0, 0.1) is 23.0 Å². The monoisotopic (exact) mass is 1060 g/mol. The van der Waals surface area contributed by atoms with Crippen LogP contribution < -0.4 is 31.5 Å². The van der Waals surface area contributed by atoms with E-state index in [1.807, 2.05) is 43.3 Å². The molecule has 0 radical (unpaired) electrons. The number of nitrogens with zero attached hydrogens (tertiary/aromatic N) is 4. The van der Waals surface area contributed by atoms with Crippen molar-refractivity contribution < 1.29 is 42.5 Å². The minimum Gasteiger partial charge on any atom is -0.488 e. The van der Waals surface area contributed by atoms with Gasteiger partial charge in [-0.1, -0.05) is 54.9 Å². The second kappa shape index (κ2) is 20.7. The number of ether oxygens (including phenoxy) is 2. The number of rotatable bonds is 13. The van der Waals surface area contributed by atoms with E-state index in [-0.39, 0.29) is 82.7 Å². The van der Waals surface area contributed by atoms with Crippen LogP contribution in [0.1, 0.15) is 129 Å². The quantitative estimate of drug-likeness (QED) is 0.0856. The van der Waals surface area contributed by atoms with Gasteiger partial charge in [-0.25, -0.2) is 13.6 Å². The summed E-state index contributed by atoms with van der Waals surface area (Å²) in [5, 5.41) is 15.1. The summed E-state index contributed by atoms with van der Waals surface area (Å²) in [6.07, 6.45) is 10.0. The number of likely N-dealkylation sites (tertiary alicyclic amines) is 2. The molecule has 402 valence electrons. The lowest BCUT2D eigenvalue weighted by atomic mass is 9.59. The first-order valence-electron chi connectivity index (χ1n) is 27.0. The van der Waals surface area contributed by atoms with E-state index >= 15 is 8.78 Å². The molecule has 6 aliphatic rings. The molecule has 2 saturated carbocycles. The van der Waals surface area contributed by atoms with Crippen LogP contribution in [0.2, 0.25) is 5.02 Å². The van der Waals surface area contributed by atoms with Crippen LogP contribution in [0.5, 0.6) is 11.5 Å². The molecule has 3 saturated heterocycles. The fourth-order valence-corrected chi connectivity index (χ4v) is 14.1. The van der Waals surface area contributed by atoms with Gasteiger partial charge in [-0.05, 0) is 130 Å². The van der Waals surface area contributed by atoms with Crippen molar-refractivity contribution in [1.29, 1.82) is 0 Å². The fourth-order valence-electron chi connectivity index (χ4n) is 13.9. The number of carbonyl (C=O) groups is 4. The number of amides is 4. The molecule has 15 nitrogen and oxygen atoms in total. The van der Waals surface area contributed by atoms with Crippen LogP contribution in [-0.4, -0.2) is 106 Å². The number of hydrogen-bond donors (Lipinski definition) is 4. The fraction of sp³-hybridized carbons (Fsp3) is 0.500. The third-order valence-electron chi connectivity index (χ3n) is 18.2. The smallest absolute Gasteiger partial charge is 0.329 e. The molecule has 5 N–H and O–H groups in total. The van der Waals surface area contributed by atoms with E-state index in [4.69, 9.17) is 26.8 Å². The first-order chi connectivity index (χ1) is 36.6. The number of aryl methyl sites for hydroxylation is 1. The normalized spacial score (nSPS) is 25.1. The molecule has 4 amide bonds. The Morgan fingerprint density at radius 3 is 2.32 bits per heavy atom. The number of primary amides is 1. The van der Waals surface area contributed by atoms with Gasteiger partial charge in [0.15, 0.2) is 17.2 Å². The maximum Gasteiger partial charge on any atom is 0.329 e. The molecule has 4 aromatic carbocycles. The summed E-state index contributed by atoms with van der Waals surface area (Å²) in [5.41, 5.74) is 8.07. The maximum absolute atomic E-state index is 16.5. The second-order valence-electron chi connectivity index (χ2n) is 22.3. The Morgan fingerprint density at radius 1 is 0.908 bits per heavy atom. The van der Waals surface area contributed by atoms with E-state index in [0.717, 1.165) is 88.6 Å². The molecule has 1 aromatic heterocycles. The summed E-state index contributed by atoms with van der Waals surface area (Å²) in [4.78, 5) is 69.5. The van der Waals surface area contributed by atoms with Gasteiger partial charge in [0.25, 0.3) is 0 Å². The lowest BCUT2D eigenvalue weighted by Crippen LogP contribution is -2.57. The van der Waals surface area contributed by atoms with Crippen molar-refractivity contribution in [2.24, 2.45) is 24.1 Å². The van der Waals surface area contributed by atoms with Gasteiger partial charge in [0.05, 0.1) is 28.2 Å². The highest BCUT2D eigenvalue weighted by molar-refractivity contribution is 6.34. The Balaban J connectivity index is 0.683. The minimum atomic E-state index is -1.10. The first kappa shape index (κ1) is 51.9. The molecule has 5 heterocycles. The zero-order chi connectivity index (χ0) is 53.2. The number of imidazole rings is 1. The van der Waals surface area contributed by atoms with Crippen LogP contribution in [0.3, 0.4) is 0 Å². The van der Waals surface area contributed by atoms with E-state index in [1.165, 1.54) is 41.2 Å². The first-order valence-corrected chi connectivity index (χ1v) is 27.4. The summed E-state index contributed by atoms with van der Waals surface area (Å²) in [6.45, 7) is 5.23. The molecule has 5 aromatic rings. The molecule has 1 spiro atoms. The predicted octanol–water partition coefficient (Wildman–Crippen LogP) is 7.58. The molecule has 18 heteroatoms. The van der Waals surface area contributed by atoms with Crippen molar-refractivity contribution in [3.05, 3.63) is 116 Å². The molecule has 11 rings (SSSR count). The number of halogens is 3. The number of benzene rings is 4. The predicted molar refractivity (Wildman–Crippen MR) is 282 cm³/mol. The maximum atomic E-state index is 16.5. The highest BCUT2D eigenvalue weighted by Gasteiger charge is 2.52. The number of carbonyl (C=O) groups excluding carboxylic acids is 4. The van der Waals surface area contributed by atoms with Crippen LogP contribution in [0.15, 0.2) is 71.5 Å². The molecule has 5 fully saturated rings. The summed E-state index contributed by atoms with van der Waals surface area (Å²) < 4.78 is 47.8. The Kier molecular flexibility index (Phi) is 14.1. The van der Waals surface area contributed by atoms with Gasteiger partial charge in [0.1, 0.15) is 24.2 Å². The minimum absolute atomic E-state index is 0.0495. The summed E-state index contributed by atoms with van der Waals surface area (Å²) >= 11 is 6.74. The molecule has 2 aliphatic carbocycles. The van der Waals surface area contributed by atoms with Crippen LogP contribution in [0.4, 0.5) is 8.78 Å². The third-order valence-corrected chi connectivity index (χ3v) is 18.6. The third kappa shape index (κ3) is 9.17. The average Bonchev–Trinajstić information content (AvgIpc) is 3.87. The topological polar surface area (TPSA) is 190 Å². The Labute approximate surface area is 445 Å². The molecular formula is C58H66ClF2N7O8. The van der Waals surface area contributed by atoms with Crippen molar-refractivity contribution in [2.45, 2.75) is 120 Å². The molecule has 76 heavy (non-hydrogen) atoms. The largest absolute Gasteiger partial charge is 0.488 e. The zero-order valence-corrected chi connectivity index (χ0v) is 43.8. The van der Waals surface area contributed by atoms with Gasteiger partial charge < -0.3 is 35.4 Å². The number of aromatic nitrogens is 2. The van der Waals surface area contributed by atoms with Gasteiger partial charge in [0, 0.05) is 79.8 Å². The van der Waals surface area contributed by atoms with Crippen LogP contribution >= 0.6 is 11.6 Å². The number of piperidine rings is 3. The van der Waals surface area contributed by atoms with Gasteiger partial charge >= 0.3 is 5.69 Å². The Morgan fingerprint density at radius 2 is 1.63 bits per heavy atom. The SMILES string of the molecule is CC1c2c(cc(F)c(Cl)c2-c2c(C(N)=O)ccc(OCCO)c2F)OC1(CNC1CCC(C(=O)N2CCC3(CC2)CC(N2CCC(c4ccc5c(c4)n(C)c(=O)n5C4CCC(=O)NC4=O)CC2)C3)CC1)c1ccccc1. The number of aliphatic hydroxyl groups excluding tert-OH is 1. The highest BCUT2D eigenvalue weighted by atomic mass is 35.5. The van der Waals surface area contributed by atoms with Gasteiger partial charge in [-0.2, -0.15) is 0 Å². The van der Waals surface area contributed by atoms with Gasteiger partial charge in [-0.15, -0.1) is 0 Å². The van der Waals surface area contributed by atoms with E-state index in [9.17, 15) is 29.1 Å². The number of fused-ring (bicyclic) bond motifs is 2. The Hall–Kier alpha value is -6.14. The number of hydrogen-bond acceptors (Lipinski definition) is 10. The molecular weight excluding hydrogens is 996 g/mol. The zero-order valence-electron chi connectivity index (χ0n) is 43.1. The number of imide groups is 1. The van der Waals surface area contributed by atoms with Gasteiger partial charge in [0.2, 0.25) is 23.6 Å². The van der Waals surface area contributed by atoms with E-state index in [0.29, 0.717) is 36.0 Å². The number of nitrogens with two attached hydrogens (primary N) is 1. The van der Waals surface area contributed by atoms with Crippen LogP contribution in [0.25, 0.3) is 22.2 Å². The second-order valence-corrected chi connectivity index (χ2v) is 22.7. The standard InChI is InChI=1S/C58H66ClF2N7O8/c1-33-48-46(29-41(60)51(59)50(48)49-40(53(62)71)13-16-45(52(49)61)75-27-26-69)76-58(33,37-6-4-3-5-7-37)32-63-38-11-8-35(9-12-38)55(73)67-24-20-57(21-25-67)30-39(31-57)66-22-18-34(19-23-66)36-10-14-42-44(28-36)65(2)56(74)68(42)43-15-17-47(70)64-54(43)72/h3-7,10,13-14,16,28-29,33-35,38-39,43,63,69H,8-9,11-12,15,17-27,30-32H2,1-2H3,(H2,62,71)(H,64,70,72). The molecule has 4 aliphatic heterocycles. The summed E-state index contributed by atoms with van der Waals surface area (Å²) in [6, 6.07) is 19.4. The van der Waals surface area contributed by atoms with E-state index in [1.54, 1.807) is 11.6 Å². The van der Waals surface area contributed by atoms with E-state index < -0.39 is 46.0 Å². The van der Waals surface area contributed by atoms with E-state index in [2.05, 4.69) is 32.6 Å². The lowest BCUT2D eigenvalue weighted by Gasteiger charge is -2.56. The van der Waals surface area contributed by atoms with Crippen molar-refractivity contribution in [3.63, 3.8) is 0 Å². The summed E-state index contributed by atoms with van der Waals surface area (Å²) in [5.74, 6) is -3.57. The van der Waals surface area contributed by atoms with Crippen molar-refractivity contribution in [3.8, 4) is 22.6 Å². The summed E-state index contributed by atoms with van der Waals surface area (Å²) in [7, 11) is 1.74. The Bertz CT molecular complexity index is 3150. The van der Waals surface area contributed by atoms with Crippen molar-refractivity contribution in [1.82, 2.24) is 29.6 Å². The average molecular weight is 1060 g/mol. The molecule has 3 atom stereocenters. The highest BCUT2D eigenvalue weighted by Crippen LogP contribution is 2.57. The van der Waals surface area contributed by atoms with Crippen molar-refractivity contribution >= 4 is 46.3 Å². The number of nitrogens with one attached hydrogen (secondary N) is 2. The lowest BCUT2D eigenvalue weighted by molar-refractivity contribution is -0.141. The molecule has 0 bridgehead atoms. The molecule has 3 unspecified atom stereocenters. The van der Waals surface area contributed by atoms with Gasteiger partial charge in [-0.3, -0.25) is 33.6 Å².